The summed E-state index contributed by atoms with van der Waals surface area (Å²) >= 11 is 0. The summed E-state index contributed by atoms with van der Waals surface area (Å²) in [4.78, 5) is 0. The van der Waals surface area contributed by atoms with Crippen molar-refractivity contribution in [1.82, 2.24) is 0 Å². The molecule has 0 aromatic heterocycles. The van der Waals surface area contributed by atoms with Gasteiger partial charge in [0.2, 0.25) is 0 Å². The van der Waals surface area contributed by atoms with Gasteiger partial charge >= 0.3 is 0 Å². The van der Waals surface area contributed by atoms with Crippen LogP contribution < -0.4 is 0 Å². The third-order valence-electron chi connectivity index (χ3n) is 1.56. The summed E-state index contributed by atoms with van der Waals surface area (Å²) in [5, 5.41) is 0. The molecule has 10 heavy (non-hydrogen) atoms. The van der Waals surface area contributed by atoms with Crippen molar-refractivity contribution in [3.8, 4) is 0 Å². The van der Waals surface area contributed by atoms with Crippen molar-refractivity contribution >= 4 is 0 Å². The Labute approximate surface area is 61.8 Å². The molecule has 0 aromatic rings. The van der Waals surface area contributed by atoms with Crippen LogP contribution in [-0.4, -0.2) is 25.4 Å². The van der Waals surface area contributed by atoms with Crippen molar-refractivity contribution in [1.29, 1.82) is 0 Å². The van der Waals surface area contributed by atoms with Crippen molar-refractivity contribution in [2.75, 3.05) is 13.2 Å². The molecule has 0 bridgehead atoms. The fourth-order valence-electron chi connectivity index (χ4n) is 0.748. The first-order chi connectivity index (χ1) is 4.86. The fourth-order valence-corrected chi connectivity index (χ4v) is 0.748. The maximum Gasteiger partial charge on any atom is 0.104 e. The molecule has 1 fully saturated rings. The summed E-state index contributed by atoms with van der Waals surface area (Å²) in [7, 11) is 0. The van der Waals surface area contributed by atoms with E-state index in [1.807, 2.05) is 6.08 Å². The molecule has 2 nitrogen and oxygen atoms in total. The minimum absolute atomic E-state index is 0.212. The lowest BCUT2D eigenvalue weighted by molar-refractivity contribution is 0.0701. The van der Waals surface area contributed by atoms with Gasteiger partial charge in [-0.25, -0.2) is 0 Å². The zero-order valence-corrected chi connectivity index (χ0v) is 6.38. The highest BCUT2D eigenvalue weighted by atomic mass is 16.6. The summed E-state index contributed by atoms with van der Waals surface area (Å²) in [6.45, 7) is 7.34. The molecular formula is C8H14O2. The summed E-state index contributed by atoms with van der Waals surface area (Å²) in [6.07, 6.45) is 3.41. The Kier molecular flexibility index (Phi) is 2.90. The standard InChI is InChI=1S/C8H14O2/c1-3-7(4-2)9-5-8-6-10-8/h3,7-8H,1,4-6H2,2H3. The lowest BCUT2D eigenvalue weighted by Gasteiger charge is -2.08. The van der Waals surface area contributed by atoms with Crippen molar-refractivity contribution in [3.05, 3.63) is 12.7 Å². The van der Waals surface area contributed by atoms with Crippen molar-refractivity contribution in [2.24, 2.45) is 0 Å². The second kappa shape index (κ2) is 3.74. The zero-order valence-electron chi connectivity index (χ0n) is 6.38. The summed E-state index contributed by atoms with van der Waals surface area (Å²) in [5.41, 5.74) is 0. The highest BCUT2D eigenvalue weighted by Gasteiger charge is 2.23. The van der Waals surface area contributed by atoms with E-state index in [4.69, 9.17) is 9.47 Å². The van der Waals surface area contributed by atoms with Crippen LogP contribution in [0.2, 0.25) is 0 Å². The van der Waals surface area contributed by atoms with E-state index in [9.17, 15) is 0 Å². The number of epoxide rings is 1. The molecule has 0 aromatic carbocycles. The van der Waals surface area contributed by atoms with Gasteiger partial charge < -0.3 is 9.47 Å². The molecule has 0 spiro atoms. The van der Waals surface area contributed by atoms with Crippen LogP contribution in [0.1, 0.15) is 13.3 Å². The van der Waals surface area contributed by atoms with Gasteiger partial charge in [0, 0.05) is 0 Å². The first kappa shape index (κ1) is 7.76. The molecule has 1 saturated heterocycles. The van der Waals surface area contributed by atoms with Crippen molar-refractivity contribution in [3.63, 3.8) is 0 Å². The Hall–Kier alpha value is -0.340. The quantitative estimate of drug-likeness (QED) is 0.427. The van der Waals surface area contributed by atoms with E-state index in [1.54, 1.807) is 0 Å². The molecule has 0 N–H and O–H groups in total. The van der Waals surface area contributed by atoms with E-state index in [-0.39, 0.29) is 6.10 Å². The third kappa shape index (κ3) is 2.50. The fraction of sp³-hybridized carbons (Fsp3) is 0.750. The van der Waals surface area contributed by atoms with Gasteiger partial charge in [0.25, 0.3) is 0 Å². The summed E-state index contributed by atoms with van der Waals surface area (Å²) in [5.74, 6) is 0. The number of hydrogen-bond donors (Lipinski definition) is 0. The van der Waals surface area contributed by atoms with Crippen molar-refractivity contribution in [2.45, 2.75) is 25.6 Å². The Morgan fingerprint density at radius 3 is 3.00 bits per heavy atom. The molecule has 2 atom stereocenters. The first-order valence-corrected chi connectivity index (χ1v) is 3.72. The van der Waals surface area contributed by atoms with Gasteiger partial charge in [0.15, 0.2) is 0 Å². The van der Waals surface area contributed by atoms with Gasteiger partial charge in [-0.15, -0.1) is 6.58 Å². The SMILES string of the molecule is C=CC(CC)OCC1CO1. The van der Waals surface area contributed by atoms with E-state index >= 15 is 0 Å². The Bertz CT molecular complexity index is 108. The van der Waals surface area contributed by atoms with E-state index in [0.717, 1.165) is 19.6 Å². The number of hydrogen-bond acceptors (Lipinski definition) is 2. The molecule has 0 radical (unpaired) electrons. The third-order valence-corrected chi connectivity index (χ3v) is 1.56. The molecule has 1 aliphatic heterocycles. The Balaban J connectivity index is 2.02. The number of rotatable bonds is 5. The van der Waals surface area contributed by atoms with Crippen LogP contribution in [0.4, 0.5) is 0 Å². The summed E-state index contributed by atoms with van der Waals surface area (Å²) in [6, 6.07) is 0. The van der Waals surface area contributed by atoms with Gasteiger partial charge in [-0.2, -0.15) is 0 Å². The summed E-state index contributed by atoms with van der Waals surface area (Å²) < 4.78 is 10.4. The lowest BCUT2D eigenvalue weighted by atomic mass is 10.3. The molecule has 0 saturated carbocycles. The van der Waals surface area contributed by atoms with Crippen LogP contribution in [0, 0.1) is 0 Å². The van der Waals surface area contributed by atoms with Crippen LogP contribution in [0.5, 0.6) is 0 Å². The second-order valence-corrected chi connectivity index (χ2v) is 2.47. The minimum Gasteiger partial charge on any atom is -0.371 e. The second-order valence-electron chi connectivity index (χ2n) is 2.47. The Morgan fingerprint density at radius 2 is 2.60 bits per heavy atom. The van der Waals surface area contributed by atoms with E-state index in [2.05, 4.69) is 13.5 Å². The van der Waals surface area contributed by atoms with Gasteiger partial charge in [0.05, 0.1) is 19.3 Å². The lowest BCUT2D eigenvalue weighted by Crippen LogP contribution is -2.12. The zero-order chi connectivity index (χ0) is 7.40. The average molecular weight is 142 g/mol. The highest BCUT2D eigenvalue weighted by molar-refractivity contribution is 4.79. The molecule has 0 aliphatic carbocycles. The van der Waals surface area contributed by atoms with Gasteiger partial charge in [-0.3, -0.25) is 0 Å². The normalized spacial score (nSPS) is 25.9. The van der Waals surface area contributed by atoms with E-state index in [1.165, 1.54) is 0 Å². The van der Waals surface area contributed by atoms with Crippen LogP contribution in [-0.2, 0) is 9.47 Å². The molecule has 58 valence electrons. The van der Waals surface area contributed by atoms with Crippen LogP contribution in [0.25, 0.3) is 0 Å². The predicted octanol–water partition coefficient (Wildman–Crippen LogP) is 1.37. The van der Waals surface area contributed by atoms with Crippen LogP contribution >= 0.6 is 0 Å². The van der Waals surface area contributed by atoms with Gasteiger partial charge in [-0.1, -0.05) is 13.0 Å². The van der Waals surface area contributed by atoms with Gasteiger partial charge in [0.1, 0.15) is 6.10 Å². The van der Waals surface area contributed by atoms with Crippen LogP contribution in [0.15, 0.2) is 12.7 Å². The van der Waals surface area contributed by atoms with Gasteiger partial charge in [-0.05, 0) is 6.42 Å². The van der Waals surface area contributed by atoms with E-state index in [0.29, 0.717) is 6.10 Å². The minimum atomic E-state index is 0.212. The first-order valence-electron chi connectivity index (χ1n) is 3.72. The topological polar surface area (TPSA) is 21.8 Å². The molecule has 0 amide bonds. The average Bonchev–Trinajstić information content (AvgIpc) is 2.74. The largest absolute Gasteiger partial charge is 0.371 e. The highest BCUT2D eigenvalue weighted by Crippen LogP contribution is 2.10. The van der Waals surface area contributed by atoms with Crippen LogP contribution in [0.3, 0.4) is 0 Å². The van der Waals surface area contributed by atoms with Crippen molar-refractivity contribution < 1.29 is 9.47 Å². The Morgan fingerprint density at radius 1 is 1.90 bits per heavy atom. The van der Waals surface area contributed by atoms with E-state index < -0.39 is 0 Å². The number of ether oxygens (including phenoxy) is 2. The molecule has 2 heteroatoms. The molecule has 1 aliphatic rings. The smallest absolute Gasteiger partial charge is 0.104 e. The monoisotopic (exact) mass is 142 g/mol. The molecular weight excluding hydrogens is 128 g/mol. The maximum atomic E-state index is 5.42. The molecule has 2 unspecified atom stereocenters. The predicted molar refractivity (Wildman–Crippen MR) is 40.0 cm³/mol. The molecule has 1 rings (SSSR count). The molecule has 1 heterocycles. The maximum absolute atomic E-state index is 5.42.